The number of rotatable bonds is 3. The van der Waals surface area contributed by atoms with Gasteiger partial charge >= 0.3 is 0 Å². The summed E-state index contributed by atoms with van der Waals surface area (Å²) in [6, 6.07) is 7.16. The van der Waals surface area contributed by atoms with Gasteiger partial charge in [0.25, 0.3) is 0 Å². The molecule has 1 aromatic carbocycles. The standard InChI is InChI=1S/C13H20N2O2S/c1-10-4-2-5-11(8-10)15-12-6-3-7-13(9-12)18(14,16)17/h3,6-7,9-11,15H,2,4-5,8H2,1H3,(H2,14,16,17). The molecule has 1 aliphatic carbocycles. The lowest BCUT2D eigenvalue weighted by Crippen LogP contribution is -2.26. The van der Waals surface area contributed by atoms with Crippen LogP contribution in [0.1, 0.15) is 32.6 Å². The molecule has 1 aromatic rings. The summed E-state index contributed by atoms with van der Waals surface area (Å²) in [6.07, 6.45) is 4.80. The maximum absolute atomic E-state index is 11.3. The number of benzene rings is 1. The highest BCUT2D eigenvalue weighted by atomic mass is 32.2. The molecule has 0 heterocycles. The lowest BCUT2D eigenvalue weighted by Gasteiger charge is -2.28. The zero-order chi connectivity index (χ0) is 13.2. The van der Waals surface area contributed by atoms with E-state index in [1.54, 1.807) is 12.1 Å². The number of hydrogen-bond acceptors (Lipinski definition) is 3. The van der Waals surface area contributed by atoms with Crippen molar-refractivity contribution in [2.75, 3.05) is 5.32 Å². The van der Waals surface area contributed by atoms with Crippen molar-refractivity contribution in [3.05, 3.63) is 24.3 Å². The summed E-state index contributed by atoms with van der Waals surface area (Å²) in [7, 11) is -3.62. The molecule has 2 rings (SSSR count). The van der Waals surface area contributed by atoms with Crippen molar-refractivity contribution in [2.24, 2.45) is 11.1 Å². The molecule has 1 saturated carbocycles. The van der Waals surface area contributed by atoms with Crippen molar-refractivity contribution < 1.29 is 8.42 Å². The molecular formula is C13H20N2O2S. The third-order valence-electron chi connectivity index (χ3n) is 3.47. The molecule has 1 fully saturated rings. The highest BCUT2D eigenvalue weighted by molar-refractivity contribution is 7.89. The maximum Gasteiger partial charge on any atom is 0.238 e. The fraction of sp³-hybridized carbons (Fsp3) is 0.538. The average Bonchev–Trinajstić information content (AvgIpc) is 2.28. The topological polar surface area (TPSA) is 72.2 Å². The molecule has 2 unspecified atom stereocenters. The monoisotopic (exact) mass is 268 g/mol. The SMILES string of the molecule is CC1CCCC(Nc2cccc(S(N)(=O)=O)c2)C1. The van der Waals surface area contributed by atoms with Crippen LogP contribution in [-0.4, -0.2) is 14.5 Å². The van der Waals surface area contributed by atoms with E-state index in [2.05, 4.69) is 12.2 Å². The van der Waals surface area contributed by atoms with Gasteiger partial charge in [0.15, 0.2) is 0 Å². The van der Waals surface area contributed by atoms with E-state index in [4.69, 9.17) is 5.14 Å². The van der Waals surface area contributed by atoms with Crippen LogP contribution >= 0.6 is 0 Å². The Morgan fingerprint density at radius 3 is 2.78 bits per heavy atom. The van der Waals surface area contributed by atoms with Gasteiger partial charge in [0.05, 0.1) is 4.90 Å². The van der Waals surface area contributed by atoms with Gasteiger partial charge in [0.1, 0.15) is 0 Å². The van der Waals surface area contributed by atoms with Crippen LogP contribution in [-0.2, 0) is 10.0 Å². The Morgan fingerprint density at radius 2 is 2.11 bits per heavy atom. The third kappa shape index (κ3) is 3.46. The maximum atomic E-state index is 11.3. The lowest BCUT2D eigenvalue weighted by molar-refractivity contribution is 0.358. The highest BCUT2D eigenvalue weighted by Crippen LogP contribution is 2.26. The Hall–Kier alpha value is -1.07. The van der Waals surface area contributed by atoms with Gasteiger partial charge in [-0.2, -0.15) is 0 Å². The van der Waals surface area contributed by atoms with Crippen LogP contribution in [0.2, 0.25) is 0 Å². The van der Waals surface area contributed by atoms with Crippen molar-refractivity contribution >= 4 is 15.7 Å². The number of primary sulfonamides is 1. The summed E-state index contributed by atoms with van der Waals surface area (Å²) in [5.41, 5.74) is 0.834. The van der Waals surface area contributed by atoms with Gasteiger partial charge in [0, 0.05) is 11.7 Å². The van der Waals surface area contributed by atoms with Crippen molar-refractivity contribution in [3.63, 3.8) is 0 Å². The predicted octanol–water partition coefficient (Wildman–Crippen LogP) is 2.32. The number of nitrogens with two attached hydrogens (primary N) is 1. The minimum absolute atomic E-state index is 0.163. The molecule has 5 heteroatoms. The number of sulfonamides is 1. The van der Waals surface area contributed by atoms with Crippen molar-refractivity contribution in [1.29, 1.82) is 0 Å². The molecule has 100 valence electrons. The van der Waals surface area contributed by atoms with E-state index >= 15 is 0 Å². The van der Waals surface area contributed by atoms with E-state index in [1.807, 2.05) is 6.07 Å². The Kier molecular flexibility index (Phi) is 3.92. The Labute approximate surface area is 109 Å². The van der Waals surface area contributed by atoms with Gasteiger partial charge in [-0.1, -0.05) is 25.8 Å². The van der Waals surface area contributed by atoms with E-state index in [0.29, 0.717) is 6.04 Å². The number of nitrogens with one attached hydrogen (secondary N) is 1. The number of anilines is 1. The second kappa shape index (κ2) is 5.28. The Balaban J connectivity index is 2.10. The lowest BCUT2D eigenvalue weighted by atomic mass is 9.87. The van der Waals surface area contributed by atoms with Gasteiger partial charge in [-0.15, -0.1) is 0 Å². The predicted molar refractivity (Wildman–Crippen MR) is 72.9 cm³/mol. The molecule has 0 aromatic heterocycles. The molecule has 0 aliphatic heterocycles. The normalized spacial score (nSPS) is 24.8. The van der Waals surface area contributed by atoms with E-state index < -0.39 is 10.0 Å². The second-order valence-corrected chi connectivity index (χ2v) is 6.75. The van der Waals surface area contributed by atoms with E-state index in [1.165, 1.54) is 18.9 Å². The molecule has 0 spiro atoms. The first-order chi connectivity index (χ1) is 8.45. The molecule has 0 radical (unpaired) electrons. The molecular weight excluding hydrogens is 248 g/mol. The summed E-state index contributed by atoms with van der Waals surface area (Å²) in [5, 5.41) is 8.53. The quantitative estimate of drug-likeness (QED) is 0.883. The summed E-state index contributed by atoms with van der Waals surface area (Å²) >= 11 is 0. The minimum Gasteiger partial charge on any atom is -0.382 e. The van der Waals surface area contributed by atoms with Gasteiger partial charge in [-0.3, -0.25) is 0 Å². The largest absolute Gasteiger partial charge is 0.382 e. The number of hydrogen-bond donors (Lipinski definition) is 2. The van der Waals surface area contributed by atoms with Gasteiger partial charge in [-0.25, -0.2) is 13.6 Å². The van der Waals surface area contributed by atoms with Crippen LogP contribution in [0.25, 0.3) is 0 Å². The van der Waals surface area contributed by atoms with Crippen LogP contribution in [0.15, 0.2) is 29.2 Å². The fourth-order valence-corrected chi connectivity index (χ4v) is 3.12. The summed E-state index contributed by atoms with van der Waals surface area (Å²) < 4.78 is 22.6. The van der Waals surface area contributed by atoms with E-state index in [9.17, 15) is 8.42 Å². The van der Waals surface area contributed by atoms with Gasteiger partial charge in [-0.05, 0) is 37.0 Å². The molecule has 0 amide bonds. The van der Waals surface area contributed by atoms with E-state index in [0.717, 1.165) is 24.4 Å². The smallest absolute Gasteiger partial charge is 0.238 e. The van der Waals surface area contributed by atoms with Gasteiger partial charge in [0.2, 0.25) is 10.0 Å². The van der Waals surface area contributed by atoms with Crippen molar-refractivity contribution in [1.82, 2.24) is 0 Å². The zero-order valence-electron chi connectivity index (χ0n) is 10.6. The van der Waals surface area contributed by atoms with Crippen LogP contribution in [0, 0.1) is 5.92 Å². The summed E-state index contributed by atoms with van der Waals surface area (Å²) in [6.45, 7) is 2.26. The van der Waals surface area contributed by atoms with Crippen LogP contribution in [0.4, 0.5) is 5.69 Å². The third-order valence-corrected chi connectivity index (χ3v) is 4.38. The fourth-order valence-electron chi connectivity index (χ4n) is 2.56. The summed E-state index contributed by atoms with van der Waals surface area (Å²) in [5.74, 6) is 0.734. The molecule has 0 saturated heterocycles. The van der Waals surface area contributed by atoms with E-state index in [-0.39, 0.29) is 4.90 Å². The van der Waals surface area contributed by atoms with Crippen molar-refractivity contribution in [2.45, 2.75) is 43.5 Å². The first-order valence-corrected chi connectivity index (χ1v) is 7.89. The molecule has 1 aliphatic rings. The molecule has 4 nitrogen and oxygen atoms in total. The zero-order valence-corrected chi connectivity index (χ0v) is 11.4. The highest BCUT2D eigenvalue weighted by Gasteiger charge is 2.18. The Bertz CT molecular complexity index is 513. The average molecular weight is 268 g/mol. The minimum atomic E-state index is -3.62. The van der Waals surface area contributed by atoms with Crippen LogP contribution in [0.5, 0.6) is 0 Å². The first-order valence-electron chi connectivity index (χ1n) is 6.34. The van der Waals surface area contributed by atoms with Crippen LogP contribution in [0.3, 0.4) is 0 Å². The van der Waals surface area contributed by atoms with Crippen LogP contribution < -0.4 is 10.5 Å². The molecule has 2 atom stereocenters. The van der Waals surface area contributed by atoms with Crippen molar-refractivity contribution in [3.8, 4) is 0 Å². The van der Waals surface area contributed by atoms with Gasteiger partial charge < -0.3 is 5.32 Å². The molecule has 3 N–H and O–H groups in total. The molecule has 0 bridgehead atoms. The second-order valence-electron chi connectivity index (χ2n) is 5.19. The Morgan fingerprint density at radius 1 is 1.33 bits per heavy atom. The molecule has 18 heavy (non-hydrogen) atoms. The summed E-state index contributed by atoms with van der Waals surface area (Å²) in [4.78, 5) is 0.163. The first kappa shape index (κ1) is 13.4.